The molecule has 0 saturated carbocycles. The van der Waals surface area contributed by atoms with Gasteiger partial charge < -0.3 is 5.11 Å². The molecule has 2 nitrogen and oxygen atoms in total. The summed E-state index contributed by atoms with van der Waals surface area (Å²) < 4.78 is 0.956. The Morgan fingerprint density at radius 3 is 2.27 bits per heavy atom. The van der Waals surface area contributed by atoms with Gasteiger partial charge in [0.15, 0.2) is 0 Å². The standard InChI is InChI=1S/C12H15BrO2/c1-7-9(13)6-5-8(11(14)15)10(7)12(2,3)4/h5-6H,1-4H3,(H,14,15). The third kappa shape index (κ3) is 2.40. The Kier molecular flexibility index (Phi) is 3.24. The van der Waals surface area contributed by atoms with Gasteiger partial charge in [-0.3, -0.25) is 0 Å². The van der Waals surface area contributed by atoms with Crippen LogP contribution in [0.25, 0.3) is 0 Å². The predicted molar refractivity (Wildman–Crippen MR) is 64.5 cm³/mol. The lowest BCUT2D eigenvalue weighted by Crippen LogP contribution is -2.19. The number of carbonyl (C=O) groups is 1. The summed E-state index contributed by atoms with van der Waals surface area (Å²) in [5.74, 6) is -0.865. The van der Waals surface area contributed by atoms with Crippen LogP contribution in [0.5, 0.6) is 0 Å². The fourth-order valence-electron chi connectivity index (χ4n) is 1.83. The van der Waals surface area contributed by atoms with Gasteiger partial charge in [0.1, 0.15) is 0 Å². The molecule has 0 aromatic heterocycles. The molecule has 1 rings (SSSR count). The molecule has 0 amide bonds. The molecule has 15 heavy (non-hydrogen) atoms. The third-order valence-corrected chi connectivity index (χ3v) is 3.24. The molecule has 0 unspecified atom stereocenters. The zero-order chi connectivity index (χ0) is 11.8. The van der Waals surface area contributed by atoms with Crippen LogP contribution >= 0.6 is 15.9 Å². The van der Waals surface area contributed by atoms with Crippen LogP contribution in [0.15, 0.2) is 16.6 Å². The van der Waals surface area contributed by atoms with E-state index in [1.54, 1.807) is 12.1 Å². The quantitative estimate of drug-likeness (QED) is 0.844. The zero-order valence-electron chi connectivity index (χ0n) is 9.39. The normalized spacial score (nSPS) is 11.5. The molecule has 1 aromatic carbocycles. The average Bonchev–Trinajstić information content (AvgIpc) is 2.06. The highest BCUT2D eigenvalue weighted by Gasteiger charge is 2.24. The van der Waals surface area contributed by atoms with Gasteiger partial charge in [-0.25, -0.2) is 4.79 Å². The zero-order valence-corrected chi connectivity index (χ0v) is 11.0. The second-order valence-corrected chi connectivity index (χ2v) is 5.50. The number of hydrogen-bond donors (Lipinski definition) is 1. The van der Waals surface area contributed by atoms with Gasteiger partial charge in [-0.15, -0.1) is 0 Å². The monoisotopic (exact) mass is 270 g/mol. The van der Waals surface area contributed by atoms with Gasteiger partial charge in [0.25, 0.3) is 0 Å². The molecule has 3 heteroatoms. The number of carboxylic acid groups (broad SMARTS) is 1. The van der Waals surface area contributed by atoms with E-state index in [1.807, 2.05) is 27.7 Å². The Morgan fingerprint density at radius 2 is 1.87 bits per heavy atom. The summed E-state index contributed by atoms with van der Waals surface area (Å²) in [6.45, 7) is 8.01. The summed E-state index contributed by atoms with van der Waals surface area (Å²) in [6.07, 6.45) is 0. The van der Waals surface area contributed by atoms with E-state index >= 15 is 0 Å². The fraction of sp³-hybridized carbons (Fsp3) is 0.417. The largest absolute Gasteiger partial charge is 0.478 e. The van der Waals surface area contributed by atoms with Crippen LogP contribution in [0.4, 0.5) is 0 Å². The lowest BCUT2D eigenvalue weighted by atomic mass is 9.81. The van der Waals surface area contributed by atoms with Crippen molar-refractivity contribution >= 4 is 21.9 Å². The van der Waals surface area contributed by atoms with Crippen molar-refractivity contribution in [2.24, 2.45) is 0 Å². The molecule has 0 atom stereocenters. The van der Waals surface area contributed by atoms with E-state index in [-0.39, 0.29) is 5.41 Å². The van der Waals surface area contributed by atoms with Crippen molar-refractivity contribution in [2.75, 3.05) is 0 Å². The summed E-state index contributed by atoms with van der Waals surface area (Å²) in [7, 11) is 0. The molecule has 0 heterocycles. The molecule has 0 aliphatic carbocycles. The van der Waals surface area contributed by atoms with Crippen LogP contribution in [0.2, 0.25) is 0 Å². The number of hydrogen-bond acceptors (Lipinski definition) is 1. The first-order valence-corrected chi connectivity index (χ1v) is 5.57. The number of rotatable bonds is 1. The lowest BCUT2D eigenvalue weighted by Gasteiger charge is -2.24. The molecule has 0 spiro atoms. The Balaban J connectivity index is 3.57. The van der Waals surface area contributed by atoms with E-state index in [0.29, 0.717) is 5.56 Å². The van der Waals surface area contributed by atoms with E-state index in [4.69, 9.17) is 5.11 Å². The number of benzene rings is 1. The van der Waals surface area contributed by atoms with Crippen LogP contribution in [0.3, 0.4) is 0 Å². The van der Waals surface area contributed by atoms with Gasteiger partial charge in [0.05, 0.1) is 5.56 Å². The SMILES string of the molecule is Cc1c(Br)ccc(C(=O)O)c1C(C)(C)C. The van der Waals surface area contributed by atoms with Gasteiger partial charge >= 0.3 is 5.97 Å². The Morgan fingerprint density at radius 1 is 1.33 bits per heavy atom. The van der Waals surface area contributed by atoms with Crippen molar-refractivity contribution in [3.05, 3.63) is 33.3 Å². The summed E-state index contributed by atoms with van der Waals surface area (Å²) in [5, 5.41) is 9.13. The van der Waals surface area contributed by atoms with E-state index in [1.165, 1.54) is 0 Å². The van der Waals surface area contributed by atoms with Crippen molar-refractivity contribution in [3.8, 4) is 0 Å². The molecule has 0 radical (unpaired) electrons. The molecule has 1 N–H and O–H groups in total. The molecular formula is C12H15BrO2. The maximum atomic E-state index is 11.1. The van der Waals surface area contributed by atoms with Gasteiger partial charge in [-0.2, -0.15) is 0 Å². The van der Waals surface area contributed by atoms with Gasteiger partial charge in [-0.05, 0) is 35.6 Å². The summed E-state index contributed by atoms with van der Waals surface area (Å²) >= 11 is 3.43. The van der Waals surface area contributed by atoms with Crippen LogP contribution in [0.1, 0.15) is 42.3 Å². The molecule has 0 fully saturated rings. The Hall–Kier alpha value is -0.830. The Labute approximate surface area is 98.4 Å². The predicted octanol–water partition coefficient (Wildman–Crippen LogP) is 3.75. The topological polar surface area (TPSA) is 37.3 Å². The highest BCUT2D eigenvalue weighted by molar-refractivity contribution is 9.10. The first-order chi connectivity index (χ1) is 6.75. The van der Waals surface area contributed by atoms with Crippen molar-refractivity contribution in [2.45, 2.75) is 33.1 Å². The van der Waals surface area contributed by atoms with Gasteiger partial charge in [-0.1, -0.05) is 36.7 Å². The summed E-state index contributed by atoms with van der Waals surface area (Å²) in [4.78, 5) is 11.1. The molecule has 1 aromatic rings. The van der Waals surface area contributed by atoms with Crippen LogP contribution in [-0.2, 0) is 5.41 Å². The Bertz CT molecular complexity index is 403. The highest BCUT2D eigenvalue weighted by atomic mass is 79.9. The minimum absolute atomic E-state index is 0.165. The fourth-order valence-corrected chi connectivity index (χ4v) is 2.16. The number of carboxylic acids is 1. The minimum Gasteiger partial charge on any atom is -0.478 e. The van der Waals surface area contributed by atoms with E-state index in [9.17, 15) is 4.79 Å². The lowest BCUT2D eigenvalue weighted by molar-refractivity contribution is 0.0694. The average molecular weight is 271 g/mol. The third-order valence-electron chi connectivity index (χ3n) is 2.38. The van der Waals surface area contributed by atoms with Crippen molar-refractivity contribution in [1.82, 2.24) is 0 Å². The molecule has 0 bridgehead atoms. The first kappa shape index (κ1) is 12.2. The minimum atomic E-state index is -0.865. The smallest absolute Gasteiger partial charge is 0.335 e. The van der Waals surface area contributed by atoms with Crippen LogP contribution < -0.4 is 0 Å². The second kappa shape index (κ2) is 3.97. The maximum absolute atomic E-state index is 11.1. The summed E-state index contributed by atoms with van der Waals surface area (Å²) in [5.41, 5.74) is 2.12. The molecule has 0 aliphatic heterocycles. The van der Waals surface area contributed by atoms with Crippen LogP contribution in [-0.4, -0.2) is 11.1 Å². The maximum Gasteiger partial charge on any atom is 0.335 e. The van der Waals surface area contributed by atoms with Crippen molar-refractivity contribution in [1.29, 1.82) is 0 Å². The van der Waals surface area contributed by atoms with E-state index in [0.717, 1.165) is 15.6 Å². The highest BCUT2D eigenvalue weighted by Crippen LogP contribution is 2.33. The molecule has 0 saturated heterocycles. The molecular weight excluding hydrogens is 256 g/mol. The van der Waals surface area contributed by atoms with E-state index in [2.05, 4.69) is 15.9 Å². The molecule has 82 valence electrons. The van der Waals surface area contributed by atoms with Gasteiger partial charge in [0, 0.05) is 4.47 Å². The van der Waals surface area contributed by atoms with Crippen molar-refractivity contribution < 1.29 is 9.90 Å². The van der Waals surface area contributed by atoms with Gasteiger partial charge in [0.2, 0.25) is 0 Å². The van der Waals surface area contributed by atoms with E-state index < -0.39 is 5.97 Å². The number of halogens is 1. The van der Waals surface area contributed by atoms with Crippen LogP contribution in [0, 0.1) is 6.92 Å². The number of aromatic carboxylic acids is 1. The first-order valence-electron chi connectivity index (χ1n) is 4.78. The van der Waals surface area contributed by atoms with Crippen molar-refractivity contribution in [3.63, 3.8) is 0 Å². The summed E-state index contributed by atoms with van der Waals surface area (Å²) in [6, 6.07) is 3.44. The molecule has 0 aliphatic rings. The second-order valence-electron chi connectivity index (χ2n) is 4.65.